The van der Waals surface area contributed by atoms with E-state index in [2.05, 4.69) is 5.16 Å². The normalized spacial score (nSPS) is 14.8. The van der Waals surface area contributed by atoms with Crippen LogP contribution in [0.15, 0.2) is 28.9 Å². The van der Waals surface area contributed by atoms with Crippen LogP contribution >= 0.6 is 12.2 Å². The van der Waals surface area contributed by atoms with E-state index in [9.17, 15) is 4.39 Å². The summed E-state index contributed by atoms with van der Waals surface area (Å²) < 4.78 is 18.4. The Bertz CT molecular complexity index is 616. The Morgan fingerprint density at radius 2 is 2.17 bits per heavy atom. The van der Waals surface area contributed by atoms with Gasteiger partial charge in [0.15, 0.2) is 0 Å². The molecule has 1 aromatic carbocycles. The van der Waals surface area contributed by atoms with Crippen LogP contribution in [0.25, 0.3) is 0 Å². The summed E-state index contributed by atoms with van der Waals surface area (Å²) in [7, 11) is 0. The van der Waals surface area contributed by atoms with Gasteiger partial charge in [0.1, 0.15) is 11.6 Å². The van der Waals surface area contributed by atoms with Crippen molar-refractivity contribution in [2.24, 2.45) is 0 Å². The molecule has 0 saturated heterocycles. The summed E-state index contributed by atoms with van der Waals surface area (Å²) >= 11 is 5.48. The van der Waals surface area contributed by atoms with Crippen LogP contribution in [-0.2, 0) is 0 Å². The van der Waals surface area contributed by atoms with Crippen molar-refractivity contribution in [3.63, 3.8) is 0 Å². The first-order valence-corrected chi connectivity index (χ1v) is 6.33. The number of aryl methyl sites for hydroxylation is 1. The van der Waals surface area contributed by atoms with Gasteiger partial charge in [-0.1, -0.05) is 23.4 Å². The Labute approximate surface area is 110 Å². The first kappa shape index (κ1) is 11.5. The Balaban J connectivity index is 2.00. The van der Waals surface area contributed by atoms with Gasteiger partial charge >= 0.3 is 0 Å². The molecule has 4 heteroatoms. The van der Waals surface area contributed by atoms with Crippen LogP contribution in [0.4, 0.5) is 4.39 Å². The van der Waals surface area contributed by atoms with Gasteiger partial charge < -0.3 is 4.52 Å². The summed E-state index contributed by atoms with van der Waals surface area (Å²) in [5, 5.41) is 3.84. The topological polar surface area (TPSA) is 26.0 Å². The van der Waals surface area contributed by atoms with E-state index in [1.165, 1.54) is 12.1 Å². The molecule has 1 saturated carbocycles. The highest BCUT2D eigenvalue weighted by Crippen LogP contribution is 2.42. The molecule has 1 aliphatic rings. The van der Waals surface area contributed by atoms with Gasteiger partial charge in [-0.2, -0.15) is 0 Å². The average molecular weight is 261 g/mol. The fourth-order valence-corrected chi connectivity index (χ4v) is 2.47. The number of halogens is 1. The molecule has 0 atom stereocenters. The van der Waals surface area contributed by atoms with Crippen molar-refractivity contribution in [1.29, 1.82) is 0 Å². The molecule has 1 aromatic heterocycles. The summed E-state index contributed by atoms with van der Waals surface area (Å²) in [5.41, 5.74) is 2.58. The van der Waals surface area contributed by atoms with E-state index in [0.717, 1.165) is 35.3 Å². The van der Waals surface area contributed by atoms with Crippen LogP contribution < -0.4 is 0 Å². The number of hydrogen-bond acceptors (Lipinski definition) is 3. The molecule has 1 aliphatic carbocycles. The highest BCUT2D eigenvalue weighted by atomic mass is 32.1. The molecule has 0 spiro atoms. The van der Waals surface area contributed by atoms with Crippen molar-refractivity contribution in [2.45, 2.75) is 25.7 Å². The minimum absolute atomic E-state index is 0.244. The fraction of sp³-hybridized carbons (Fsp3) is 0.286. The second kappa shape index (κ2) is 4.28. The van der Waals surface area contributed by atoms with Crippen LogP contribution in [0.1, 0.15) is 41.2 Å². The lowest BCUT2D eigenvalue weighted by atomic mass is 10.00. The summed E-state index contributed by atoms with van der Waals surface area (Å²) in [6.45, 7) is 1.86. The second-order valence-electron chi connectivity index (χ2n) is 4.67. The summed E-state index contributed by atoms with van der Waals surface area (Å²) in [4.78, 5) is 0.690. The quantitative estimate of drug-likeness (QED) is 0.621. The number of aromatic nitrogens is 1. The van der Waals surface area contributed by atoms with Gasteiger partial charge in [-0.3, -0.25) is 0 Å². The number of nitrogens with zero attached hydrogens (tertiary/aromatic N) is 1. The zero-order valence-electron chi connectivity index (χ0n) is 9.94. The van der Waals surface area contributed by atoms with Gasteiger partial charge in [0.2, 0.25) is 0 Å². The van der Waals surface area contributed by atoms with Crippen molar-refractivity contribution < 1.29 is 8.91 Å². The van der Waals surface area contributed by atoms with Crippen LogP contribution in [-0.4, -0.2) is 10.0 Å². The highest BCUT2D eigenvalue weighted by molar-refractivity contribution is 7.81. The fourth-order valence-electron chi connectivity index (χ4n) is 2.09. The minimum Gasteiger partial charge on any atom is -0.360 e. The molecular formula is C14H12FNOS. The molecule has 0 amide bonds. The first-order chi connectivity index (χ1) is 8.66. The molecule has 0 N–H and O–H groups in total. The maximum absolute atomic E-state index is 13.1. The largest absolute Gasteiger partial charge is 0.360 e. The zero-order valence-corrected chi connectivity index (χ0v) is 10.8. The van der Waals surface area contributed by atoms with Crippen molar-refractivity contribution >= 4 is 17.1 Å². The molecule has 1 fully saturated rings. The monoisotopic (exact) mass is 261 g/mol. The summed E-state index contributed by atoms with van der Waals surface area (Å²) in [5.74, 6) is 1.09. The van der Waals surface area contributed by atoms with Crippen LogP contribution in [0.5, 0.6) is 0 Å². The van der Waals surface area contributed by atoms with Gasteiger partial charge in [0, 0.05) is 5.92 Å². The Morgan fingerprint density at radius 3 is 2.83 bits per heavy atom. The van der Waals surface area contributed by atoms with Gasteiger partial charge in [0.05, 0.1) is 16.6 Å². The molecule has 92 valence electrons. The predicted molar refractivity (Wildman–Crippen MR) is 70.4 cm³/mol. The number of benzene rings is 1. The molecule has 18 heavy (non-hydrogen) atoms. The molecule has 2 aromatic rings. The number of thiocarbonyl (C=S) groups is 1. The van der Waals surface area contributed by atoms with Crippen molar-refractivity contribution in [3.8, 4) is 0 Å². The van der Waals surface area contributed by atoms with Crippen molar-refractivity contribution in [1.82, 2.24) is 5.16 Å². The minimum atomic E-state index is -0.244. The average Bonchev–Trinajstić information content (AvgIpc) is 3.06. The van der Waals surface area contributed by atoms with Crippen LogP contribution in [0, 0.1) is 12.7 Å². The molecule has 2 nitrogen and oxygen atoms in total. The molecule has 3 rings (SSSR count). The van der Waals surface area contributed by atoms with E-state index >= 15 is 0 Å². The Kier molecular flexibility index (Phi) is 2.74. The Morgan fingerprint density at radius 1 is 1.39 bits per heavy atom. The second-order valence-corrected chi connectivity index (χ2v) is 5.07. The van der Waals surface area contributed by atoms with E-state index in [0.29, 0.717) is 10.8 Å². The molecular weight excluding hydrogens is 249 g/mol. The standard InChI is InChI=1S/C14H12FNOS/c1-8-6-10(15)4-5-11(8)14(18)12-7-16-17-13(12)9-2-3-9/h4-7,9H,2-3H2,1H3. The third-order valence-corrected chi connectivity index (χ3v) is 3.66. The van der Waals surface area contributed by atoms with Gasteiger partial charge in [-0.25, -0.2) is 4.39 Å². The van der Waals surface area contributed by atoms with Crippen LogP contribution in [0.3, 0.4) is 0 Å². The Hall–Kier alpha value is -1.55. The molecule has 0 unspecified atom stereocenters. The third-order valence-electron chi connectivity index (χ3n) is 3.22. The van der Waals surface area contributed by atoms with E-state index < -0.39 is 0 Å². The smallest absolute Gasteiger partial charge is 0.148 e. The lowest BCUT2D eigenvalue weighted by Crippen LogP contribution is -2.04. The summed E-state index contributed by atoms with van der Waals surface area (Å²) in [6.07, 6.45) is 3.93. The highest BCUT2D eigenvalue weighted by Gasteiger charge is 2.31. The number of rotatable bonds is 3. The first-order valence-electron chi connectivity index (χ1n) is 5.92. The van der Waals surface area contributed by atoms with Crippen LogP contribution in [0.2, 0.25) is 0 Å². The lowest BCUT2D eigenvalue weighted by molar-refractivity contribution is 0.384. The van der Waals surface area contributed by atoms with E-state index in [-0.39, 0.29) is 5.82 Å². The summed E-state index contributed by atoms with van der Waals surface area (Å²) in [6, 6.07) is 4.64. The SMILES string of the molecule is Cc1cc(F)ccc1C(=S)c1cnoc1C1CC1. The van der Waals surface area contributed by atoms with E-state index in [1.54, 1.807) is 12.3 Å². The molecule has 0 bridgehead atoms. The van der Waals surface area contributed by atoms with Gasteiger partial charge in [-0.15, -0.1) is 0 Å². The zero-order chi connectivity index (χ0) is 12.7. The number of hydrogen-bond donors (Lipinski definition) is 0. The maximum Gasteiger partial charge on any atom is 0.148 e. The lowest BCUT2D eigenvalue weighted by Gasteiger charge is -2.07. The van der Waals surface area contributed by atoms with Crippen molar-refractivity contribution in [2.75, 3.05) is 0 Å². The predicted octanol–water partition coefficient (Wildman–Crippen LogP) is 3.77. The molecule has 0 radical (unpaired) electrons. The van der Waals surface area contributed by atoms with Gasteiger partial charge in [-0.05, 0) is 43.0 Å². The van der Waals surface area contributed by atoms with Crippen molar-refractivity contribution in [3.05, 3.63) is 52.7 Å². The van der Waals surface area contributed by atoms with E-state index in [4.69, 9.17) is 16.7 Å². The maximum atomic E-state index is 13.1. The molecule has 1 heterocycles. The third kappa shape index (κ3) is 1.97. The molecule has 0 aliphatic heterocycles. The van der Waals surface area contributed by atoms with E-state index in [1.807, 2.05) is 6.92 Å². The van der Waals surface area contributed by atoms with Gasteiger partial charge in [0.25, 0.3) is 0 Å².